The maximum atomic E-state index is 12.1. The number of carbonyl (C=O) groups is 2. The van der Waals surface area contributed by atoms with Crippen LogP contribution < -0.4 is 5.32 Å². The zero-order valence-electron chi connectivity index (χ0n) is 11.6. The van der Waals surface area contributed by atoms with E-state index in [1.54, 1.807) is 42.2 Å². The molecule has 1 unspecified atom stereocenters. The topological polar surface area (TPSA) is 97.1 Å². The third kappa shape index (κ3) is 4.13. The van der Waals surface area contributed by atoms with Gasteiger partial charge in [-0.05, 0) is 31.5 Å². The number of carbonyl (C=O) groups excluding carboxylic acids is 1. The molecule has 1 atom stereocenters. The van der Waals surface area contributed by atoms with Gasteiger partial charge in [0.2, 0.25) is 0 Å². The van der Waals surface area contributed by atoms with Crippen LogP contribution in [0, 0.1) is 0 Å². The average molecular weight is 288 g/mol. The Morgan fingerprint density at radius 3 is 2.90 bits per heavy atom. The van der Waals surface area contributed by atoms with E-state index in [1.165, 1.54) is 0 Å². The molecule has 1 amide bonds. The smallest absolute Gasteiger partial charge is 0.303 e. The Kier molecular flexibility index (Phi) is 4.65. The third-order valence-electron chi connectivity index (χ3n) is 2.96. The molecule has 0 aliphatic carbocycles. The molecule has 2 aromatic rings. The summed E-state index contributed by atoms with van der Waals surface area (Å²) in [5, 5.41) is 19.0. The van der Waals surface area contributed by atoms with E-state index in [0.717, 1.165) is 5.69 Å². The predicted octanol–water partition coefficient (Wildman–Crippen LogP) is 1.25. The molecule has 7 heteroatoms. The number of hydrogen-bond donors (Lipinski definition) is 2. The van der Waals surface area contributed by atoms with Gasteiger partial charge in [0.1, 0.15) is 0 Å². The molecule has 2 rings (SSSR count). The second-order valence-corrected chi connectivity index (χ2v) is 4.70. The van der Waals surface area contributed by atoms with Crippen molar-refractivity contribution in [2.24, 2.45) is 0 Å². The lowest BCUT2D eigenvalue weighted by atomic mass is 10.1. The minimum Gasteiger partial charge on any atom is -0.481 e. The van der Waals surface area contributed by atoms with Crippen LogP contribution in [0.3, 0.4) is 0 Å². The lowest BCUT2D eigenvalue weighted by Gasteiger charge is -2.13. The predicted molar refractivity (Wildman–Crippen MR) is 75.2 cm³/mol. The Bertz CT molecular complexity index is 625. The number of aromatic nitrogens is 3. The maximum Gasteiger partial charge on any atom is 0.303 e. The zero-order valence-corrected chi connectivity index (χ0v) is 11.6. The molecular weight excluding hydrogens is 272 g/mol. The van der Waals surface area contributed by atoms with E-state index in [-0.39, 0.29) is 18.4 Å². The van der Waals surface area contributed by atoms with Crippen molar-refractivity contribution in [1.82, 2.24) is 20.3 Å². The molecule has 1 aromatic carbocycles. The van der Waals surface area contributed by atoms with Crippen molar-refractivity contribution in [2.75, 3.05) is 0 Å². The van der Waals surface area contributed by atoms with Gasteiger partial charge in [0.15, 0.2) is 0 Å². The van der Waals surface area contributed by atoms with Crippen LogP contribution in [-0.4, -0.2) is 38.0 Å². The molecule has 0 saturated carbocycles. The van der Waals surface area contributed by atoms with E-state index in [4.69, 9.17) is 5.11 Å². The summed E-state index contributed by atoms with van der Waals surface area (Å²) in [6.07, 6.45) is 3.66. The Morgan fingerprint density at radius 2 is 2.24 bits per heavy atom. The summed E-state index contributed by atoms with van der Waals surface area (Å²) < 4.78 is 1.56. The number of amides is 1. The van der Waals surface area contributed by atoms with Crippen LogP contribution in [0.25, 0.3) is 5.69 Å². The summed E-state index contributed by atoms with van der Waals surface area (Å²) in [6.45, 7) is 1.78. The standard InChI is InChI=1S/C14H16N4O3/c1-10(5-6-13(19)20)16-14(21)11-3-2-4-12(9-11)18-8-7-15-17-18/h2-4,7-10H,5-6H2,1H3,(H,16,21)(H,19,20). The van der Waals surface area contributed by atoms with Gasteiger partial charge >= 0.3 is 5.97 Å². The largest absolute Gasteiger partial charge is 0.481 e. The summed E-state index contributed by atoms with van der Waals surface area (Å²) in [5.74, 6) is -1.11. The fourth-order valence-electron chi connectivity index (χ4n) is 1.85. The molecular formula is C14H16N4O3. The number of rotatable bonds is 6. The number of aliphatic carboxylic acids is 1. The summed E-state index contributed by atoms with van der Waals surface area (Å²) in [6, 6.07) is 6.77. The summed E-state index contributed by atoms with van der Waals surface area (Å²) in [5.41, 5.74) is 1.23. The quantitative estimate of drug-likeness (QED) is 0.833. The number of hydrogen-bond acceptors (Lipinski definition) is 4. The minimum absolute atomic E-state index is 0.0282. The Morgan fingerprint density at radius 1 is 1.43 bits per heavy atom. The Balaban J connectivity index is 2.03. The van der Waals surface area contributed by atoms with E-state index in [2.05, 4.69) is 15.6 Å². The van der Waals surface area contributed by atoms with Gasteiger partial charge in [-0.2, -0.15) is 0 Å². The fourth-order valence-corrected chi connectivity index (χ4v) is 1.85. The van der Waals surface area contributed by atoms with Crippen molar-refractivity contribution in [3.05, 3.63) is 42.2 Å². The fraction of sp³-hybridized carbons (Fsp3) is 0.286. The number of nitrogens with one attached hydrogen (secondary N) is 1. The summed E-state index contributed by atoms with van der Waals surface area (Å²) in [7, 11) is 0. The van der Waals surface area contributed by atoms with E-state index in [1.807, 2.05) is 6.07 Å². The van der Waals surface area contributed by atoms with Crippen LogP contribution >= 0.6 is 0 Å². The van der Waals surface area contributed by atoms with Crippen LogP contribution in [0.2, 0.25) is 0 Å². The molecule has 1 heterocycles. The van der Waals surface area contributed by atoms with Gasteiger partial charge in [0.25, 0.3) is 5.91 Å². The van der Waals surface area contributed by atoms with Crippen LogP contribution in [0.5, 0.6) is 0 Å². The van der Waals surface area contributed by atoms with Gasteiger partial charge in [0, 0.05) is 18.0 Å². The van der Waals surface area contributed by atoms with Crippen LogP contribution in [0.15, 0.2) is 36.7 Å². The SMILES string of the molecule is CC(CCC(=O)O)NC(=O)c1cccc(-n2ccnn2)c1. The average Bonchev–Trinajstić information content (AvgIpc) is 2.99. The molecule has 0 aliphatic heterocycles. The molecule has 0 bridgehead atoms. The number of carboxylic acid groups (broad SMARTS) is 1. The number of benzene rings is 1. The van der Waals surface area contributed by atoms with Gasteiger partial charge in [0.05, 0.1) is 18.1 Å². The van der Waals surface area contributed by atoms with Gasteiger partial charge in [-0.3, -0.25) is 9.59 Å². The third-order valence-corrected chi connectivity index (χ3v) is 2.96. The van der Waals surface area contributed by atoms with Crippen molar-refractivity contribution in [3.8, 4) is 5.69 Å². The number of nitrogens with zero attached hydrogens (tertiary/aromatic N) is 3. The highest BCUT2D eigenvalue weighted by atomic mass is 16.4. The van der Waals surface area contributed by atoms with Crippen LogP contribution in [-0.2, 0) is 4.79 Å². The monoisotopic (exact) mass is 288 g/mol. The summed E-state index contributed by atoms with van der Waals surface area (Å²) in [4.78, 5) is 22.6. The van der Waals surface area contributed by atoms with Crippen LogP contribution in [0.4, 0.5) is 0 Å². The van der Waals surface area contributed by atoms with E-state index >= 15 is 0 Å². The molecule has 1 aromatic heterocycles. The highest BCUT2D eigenvalue weighted by Crippen LogP contribution is 2.09. The van der Waals surface area contributed by atoms with E-state index in [9.17, 15) is 9.59 Å². The van der Waals surface area contributed by atoms with E-state index < -0.39 is 5.97 Å². The first-order valence-corrected chi connectivity index (χ1v) is 6.55. The molecule has 110 valence electrons. The first-order valence-electron chi connectivity index (χ1n) is 6.55. The molecule has 0 spiro atoms. The normalized spacial score (nSPS) is 11.9. The molecule has 0 fully saturated rings. The van der Waals surface area contributed by atoms with Crippen molar-refractivity contribution in [1.29, 1.82) is 0 Å². The van der Waals surface area contributed by atoms with Crippen molar-refractivity contribution >= 4 is 11.9 Å². The molecule has 21 heavy (non-hydrogen) atoms. The lowest BCUT2D eigenvalue weighted by Crippen LogP contribution is -2.33. The molecule has 2 N–H and O–H groups in total. The van der Waals surface area contributed by atoms with Crippen molar-refractivity contribution < 1.29 is 14.7 Å². The Hall–Kier alpha value is -2.70. The van der Waals surface area contributed by atoms with Crippen molar-refractivity contribution in [2.45, 2.75) is 25.8 Å². The molecule has 0 radical (unpaired) electrons. The second kappa shape index (κ2) is 6.65. The van der Waals surface area contributed by atoms with Gasteiger partial charge in [-0.25, -0.2) is 4.68 Å². The van der Waals surface area contributed by atoms with Gasteiger partial charge in [-0.1, -0.05) is 11.3 Å². The minimum atomic E-state index is -0.871. The number of carboxylic acids is 1. The lowest BCUT2D eigenvalue weighted by molar-refractivity contribution is -0.137. The van der Waals surface area contributed by atoms with Gasteiger partial charge in [-0.15, -0.1) is 5.10 Å². The molecule has 7 nitrogen and oxygen atoms in total. The first kappa shape index (κ1) is 14.7. The highest BCUT2D eigenvalue weighted by Gasteiger charge is 2.12. The first-order chi connectivity index (χ1) is 10.1. The van der Waals surface area contributed by atoms with E-state index in [0.29, 0.717) is 12.0 Å². The zero-order chi connectivity index (χ0) is 15.2. The summed E-state index contributed by atoms with van der Waals surface area (Å²) >= 11 is 0. The van der Waals surface area contributed by atoms with Gasteiger partial charge < -0.3 is 10.4 Å². The van der Waals surface area contributed by atoms with Crippen LogP contribution in [0.1, 0.15) is 30.1 Å². The van der Waals surface area contributed by atoms with Crippen molar-refractivity contribution in [3.63, 3.8) is 0 Å². The maximum absolute atomic E-state index is 12.1. The highest BCUT2D eigenvalue weighted by molar-refractivity contribution is 5.94. The molecule has 0 saturated heterocycles. The Labute approximate surface area is 121 Å². The second-order valence-electron chi connectivity index (χ2n) is 4.70. The molecule has 0 aliphatic rings.